The van der Waals surface area contributed by atoms with Gasteiger partial charge in [0, 0.05) is 18.6 Å². The number of ether oxygens (including phenoxy) is 2. The summed E-state index contributed by atoms with van der Waals surface area (Å²) >= 11 is 0. The third-order valence-electron chi connectivity index (χ3n) is 2.78. The number of rotatable bonds is 7. The van der Waals surface area contributed by atoms with Gasteiger partial charge < -0.3 is 20.5 Å². The molecule has 18 heavy (non-hydrogen) atoms. The quantitative estimate of drug-likeness (QED) is 0.773. The van der Waals surface area contributed by atoms with E-state index in [0.29, 0.717) is 6.04 Å². The number of benzene rings is 1. The van der Waals surface area contributed by atoms with Gasteiger partial charge in [0.15, 0.2) is 11.5 Å². The lowest BCUT2D eigenvalue weighted by molar-refractivity contribution is 0.354. The fourth-order valence-corrected chi connectivity index (χ4v) is 1.82. The molecule has 1 aromatic rings. The number of hydrogen-bond donors (Lipinski definition) is 2. The Labute approximate surface area is 109 Å². The van der Waals surface area contributed by atoms with Crippen LogP contribution in [0.2, 0.25) is 0 Å². The summed E-state index contributed by atoms with van der Waals surface area (Å²) in [7, 11) is 3.30. The number of hydrogen-bond acceptors (Lipinski definition) is 4. The predicted octanol–water partition coefficient (Wildman–Crippen LogP) is 1.57. The van der Waals surface area contributed by atoms with Crippen molar-refractivity contribution < 1.29 is 9.47 Å². The minimum Gasteiger partial charge on any atom is -0.493 e. The first kappa shape index (κ1) is 14.8. The van der Waals surface area contributed by atoms with Gasteiger partial charge in [-0.2, -0.15) is 0 Å². The average Bonchev–Trinajstić information content (AvgIpc) is 2.36. The average molecular weight is 252 g/mol. The van der Waals surface area contributed by atoms with Crippen LogP contribution in [0.1, 0.15) is 19.4 Å². The zero-order chi connectivity index (χ0) is 13.5. The van der Waals surface area contributed by atoms with Crippen molar-refractivity contribution in [1.29, 1.82) is 0 Å². The highest BCUT2D eigenvalue weighted by Crippen LogP contribution is 2.27. The molecule has 0 saturated carbocycles. The Bertz CT molecular complexity index is 367. The maximum atomic E-state index is 5.72. The van der Waals surface area contributed by atoms with Gasteiger partial charge in [0.2, 0.25) is 0 Å². The first-order chi connectivity index (χ1) is 8.56. The standard InChI is InChI=1S/C14H24N2O2/c1-10(15)9-16-11(2)7-12-5-6-13(17-3)14(8-12)18-4/h5-6,8,10-11,16H,7,9,15H2,1-4H3. The highest BCUT2D eigenvalue weighted by atomic mass is 16.5. The van der Waals surface area contributed by atoms with E-state index in [9.17, 15) is 0 Å². The van der Waals surface area contributed by atoms with Crippen LogP contribution in [-0.2, 0) is 6.42 Å². The van der Waals surface area contributed by atoms with Gasteiger partial charge in [0.1, 0.15) is 0 Å². The predicted molar refractivity (Wildman–Crippen MR) is 74.4 cm³/mol. The van der Waals surface area contributed by atoms with E-state index in [-0.39, 0.29) is 6.04 Å². The molecule has 4 nitrogen and oxygen atoms in total. The zero-order valence-electron chi connectivity index (χ0n) is 11.7. The Balaban J connectivity index is 2.61. The second-order valence-corrected chi connectivity index (χ2v) is 4.68. The molecule has 4 heteroatoms. The van der Waals surface area contributed by atoms with Crippen LogP contribution in [0, 0.1) is 0 Å². The van der Waals surface area contributed by atoms with E-state index in [4.69, 9.17) is 15.2 Å². The molecular formula is C14H24N2O2. The van der Waals surface area contributed by atoms with Crippen LogP contribution < -0.4 is 20.5 Å². The van der Waals surface area contributed by atoms with Gasteiger partial charge in [-0.25, -0.2) is 0 Å². The van der Waals surface area contributed by atoms with Gasteiger partial charge in [-0.05, 0) is 38.0 Å². The molecule has 1 rings (SSSR count). The van der Waals surface area contributed by atoms with Crippen molar-refractivity contribution in [1.82, 2.24) is 5.32 Å². The number of methoxy groups -OCH3 is 2. The van der Waals surface area contributed by atoms with Gasteiger partial charge in [0.25, 0.3) is 0 Å². The summed E-state index contributed by atoms with van der Waals surface area (Å²) in [5, 5.41) is 3.40. The van der Waals surface area contributed by atoms with Gasteiger partial charge in [-0.15, -0.1) is 0 Å². The first-order valence-corrected chi connectivity index (χ1v) is 6.26. The molecule has 2 unspecified atom stereocenters. The van der Waals surface area contributed by atoms with Crippen LogP contribution in [0.3, 0.4) is 0 Å². The minimum absolute atomic E-state index is 0.179. The molecule has 0 aliphatic carbocycles. The molecule has 1 aromatic carbocycles. The van der Waals surface area contributed by atoms with E-state index >= 15 is 0 Å². The summed E-state index contributed by atoms with van der Waals surface area (Å²) in [6.45, 7) is 4.98. The van der Waals surface area contributed by atoms with Gasteiger partial charge in [-0.1, -0.05) is 6.07 Å². The maximum absolute atomic E-state index is 5.72. The Morgan fingerprint density at radius 3 is 2.39 bits per heavy atom. The smallest absolute Gasteiger partial charge is 0.160 e. The van der Waals surface area contributed by atoms with Crippen molar-refractivity contribution in [3.63, 3.8) is 0 Å². The molecular weight excluding hydrogens is 228 g/mol. The molecule has 0 heterocycles. The summed E-state index contributed by atoms with van der Waals surface area (Å²) in [4.78, 5) is 0. The molecule has 0 amide bonds. The van der Waals surface area contributed by atoms with E-state index in [0.717, 1.165) is 24.5 Å². The lowest BCUT2D eigenvalue weighted by Gasteiger charge is -2.16. The maximum Gasteiger partial charge on any atom is 0.160 e. The molecule has 0 fully saturated rings. The lowest BCUT2D eigenvalue weighted by Crippen LogP contribution is -2.37. The molecule has 2 atom stereocenters. The molecule has 0 bridgehead atoms. The van der Waals surface area contributed by atoms with Crippen LogP contribution in [0.15, 0.2) is 18.2 Å². The van der Waals surface area contributed by atoms with E-state index in [1.807, 2.05) is 19.1 Å². The third-order valence-corrected chi connectivity index (χ3v) is 2.78. The van der Waals surface area contributed by atoms with Crippen LogP contribution in [0.5, 0.6) is 11.5 Å². The third kappa shape index (κ3) is 4.55. The first-order valence-electron chi connectivity index (χ1n) is 6.26. The van der Waals surface area contributed by atoms with Crippen molar-refractivity contribution in [3.05, 3.63) is 23.8 Å². The molecule has 102 valence electrons. The molecule has 3 N–H and O–H groups in total. The van der Waals surface area contributed by atoms with Crippen LogP contribution in [0.25, 0.3) is 0 Å². The fourth-order valence-electron chi connectivity index (χ4n) is 1.82. The monoisotopic (exact) mass is 252 g/mol. The Morgan fingerprint density at radius 2 is 1.83 bits per heavy atom. The van der Waals surface area contributed by atoms with E-state index in [2.05, 4.69) is 18.3 Å². The molecule has 0 aliphatic heterocycles. The molecule has 0 saturated heterocycles. The van der Waals surface area contributed by atoms with E-state index < -0.39 is 0 Å². The highest BCUT2D eigenvalue weighted by Gasteiger charge is 2.08. The summed E-state index contributed by atoms with van der Waals surface area (Å²) < 4.78 is 10.5. The van der Waals surface area contributed by atoms with Crippen LogP contribution >= 0.6 is 0 Å². The molecule has 0 aromatic heterocycles. The van der Waals surface area contributed by atoms with Gasteiger partial charge >= 0.3 is 0 Å². The number of nitrogens with one attached hydrogen (secondary N) is 1. The van der Waals surface area contributed by atoms with E-state index in [1.54, 1.807) is 14.2 Å². The van der Waals surface area contributed by atoms with Gasteiger partial charge in [-0.3, -0.25) is 0 Å². The second kappa shape index (κ2) is 7.24. The van der Waals surface area contributed by atoms with Crippen LogP contribution in [-0.4, -0.2) is 32.8 Å². The number of nitrogens with two attached hydrogens (primary N) is 1. The molecule has 0 radical (unpaired) electrons. The van der Waals surface area contributed by atoms with Crippen molar-refractivity contribution in [2.75, 3.05) is 20.8 Å². The highest BCUT2D eigenvalue weighted by molar-refractivity contribution is 5.43. The van der Waals surface area contributed by atoms with Crippen molar-refractivity contribution in [2.45, 2.75) is 32.4 Å². The summed E-state index contributed by atoms with van der Waals surface area (Å²) in [5.41, 5.74) is 6.94. The Kier molecular flexibility index (Phi) is 5.95. The molecule has 0 aliphatic rings. The Hall–Kier alpha value is -1.26. The topological polar surface area (TPSA) is 56.5 Å². The summed E-state index contributed by atoms with van der Waals surface area (Å²) in [5.74, 6) is 1.53. The van der Waals surface area contributed by atoms with E-state index in [1.165, 1.54) is 5.56 Å². The minimum atomic E-state index is 0.179. The SMILES string of the molecule is COc1ccc(CC(C)NCC(C)N)cc1OC. The fraction of sp³-hybridized carbons (Fsp3) is 0.571. The lowest BCUT2D eigenvalue weighted by atomic mass is 10.1. The van der Waals surface area contributed by atoms with Crippen molar-refractivity contribution in [3.8, 4) is 11.5 Å². The second-order valence-electron chi connectivity index (χ2n) is 4.68. The van der Waals surface area contributed by atoms with Crippen molar-refractivity contribution in [2.24, 2.45) is 5.73 Å². The Morgan fingerprint density at radius 1 is 1.17 bits per heavy atom. The summed E-state index contributed by atoms with van der Waals surface area (Å²) in [6.07, 6.45) is 0.938. The van der Waals surface area contributed by atoms with Gasteiger partial charge in [0.05, 0.1) is 14.2 Å². The zero-order valence-corrected chi connectivity index (χ0v) is 11.7. The largest absolute Gasteiger partial charge is 0.493 e. The van der Waals surface area contributed by atoms with Crippen molar-refractivity contribution >= 4 is 0 Å². The summed E-state index contributed by atoms with van der Waals surface area (Å²) in [6, 6.07) is 6.58. The van der Waals surface area contributed by atoms with Crippen LogP contribution in [0.4, 0.5) is 0 Å². The normalized spacial score (nSPS) is 14.1. The molecule has 0 spiro atoms.